The fraction of sp³-hybridized carbons (Fsp3) is 0.133. The van der Waals surface area contributed by atoms with Crippen LogP contribution in [0, 0.1) is 11.3 Å². The Morgan fingerprint density at radius 3 is 2.75 bits per heavy atom. The quantitative estimate of drug-likeness (QED) is 0.870. The highest BCUT2D eigenvalue weighted by Gasteiger charge is 2.07. The Morgan fingerprint density at radius 1 is 1.25 bits per heavy atom. The minimum absolute atomic E-state index is 0.348. The van der Waals surface area contributed by atoms with Gasteiger partial charge in [-0.1, -0.05) is 12.1 Å². The van der Waals surface area contributed by atoms with Gasteiger partial charge in [0.1, 0.15) is 24.2 Å². The molecule has 2 aromatic rings. The second-order valence-corrected chi connectivity index (χ2v) is 4.89. The summed E-state index contributed by atoms with van der Waals surface area (Å²) in [5.41, 5.74) is 7.78. The van der Waals surface area contributed by atoms with Crippen molar-refractivity contribution in [1.82, 2.24) is 0 Å². The molecule has 0 aliphatic heterocycles. The van der Waals surface area contributed by atoms with E-state index in [1.54, 1.807) is 18.2 Å². The van der Waals surface area contributed by atoms with E-state index in [-0.39, 0.29) is 0 Å². The lowest BCUT2D eigenvalue weighted by Crippen LogP contribution is -1.99. The third-order valence-electron chi connectivity index (χ3n) is 2.77. The molecule has 0 amide bonds. The maximum Gasteiger partial charge on any atom is 0.136 e. The summed E-state index contributed by atoms with van der Waals surface area (Å²) < 4.78 is 11.5. The van der Waals surface area contributed by atoms with Crippen LogP contribution in [0.15, 0.2) is 40.9 Å². The lowest BCUT2D eigenvalue weighted by Gasteiger charge is -2.10. The van der Waals surface area contributed by atoms with Gasteiger partial charge in [0.05, 0.1) is 17.1 Å². The predicted molar refractivity (Wildman–Crippen MR) is 80.6 cm³/mol. The van der Waals surface area contributed by atoms with Crippen molar-refractivity contribution in [3.63, 3.8) is 0 Å². The van der Waals surface area contributed by atoms with E-state index in [0.717, 1.165) is 10.0 Å². The van der Waals surface area contributed by atoms with Gasteiger partial charge in [-0.15, -0.1) is 0 Å². The summed E-state index contributed by atoms with van der Waals surface area (Å²) in [5.74, 6) is 1.22. The molecule has 20 heavy (non-hydrogen) atoms. The van der Waals surface area contributed by atoms with Crippen LogP contribution < -0.4 is 15.2 Å². The van der Waals surface area contributed by atoms with Gasteiger partial charge in [-0.2, -0.15) is 5.26 Å². The van der Waals surface area contributed by atoms with E-state index in [2.05, 4.69) is 22.0 Å². The molecule has 0 saturated heterocycles. The van der Waals surface area contributed by atoms with E-state index < -0.39 is 0 Å². The van der Waals surface area contributed by atoms with E-state index in [9.17, 15) is 0 Å². The van der Waals surface area contributed by atoms with Crippen LogP contribution in [0.4, 0.5) is 5.69 Å². The van der Waals surface area contributed by atoms with Crippen molar-refractivity contribution in [3.8, 4) is 17.6 Å². The van der Waals surface area contributed by atoms with Gasteiger partial charge in [0.25, 0.3) is 0 Å². The van der Waals surface area contributed by atoms with E-state index >= 15 is 0 Å². The third-order valence-corrected chi connectivity index (χ3v) is 3.62. The maximum atomic E-state index is 9.04. The number of nitrogen functional groups attached to an aromatic ring is 1. The van der Waals surface area contributed by atoms with Crippen molar-refractivity contribution in [2.45, 2.75) is 6.61 Å². The molecule has 2 N–H and O–H groups in total. The fourth-order valence-electron chi connectivity index (χ4n) is 1.73. The number of rotatable bonds is 4. The Kier molecular flexibility index (Phi) is 4.49. The van der Waals surface area contributed by atoms with Gasteiger partial charge in [0.2, 0.25) is 0 Å². The second kappa shape index (κ2) is 6.31. The largest absolute Gasteiger partial charge is 0.495 e. The monoisotopic (exact) mass is 332 g/mol. The van der Waals surface area contributed by atoms with Crippen LogP contribution in [0.1, 0.15) is 11.1 Å². The molecular weight excluding hydrogens is 320 g/mol. The maximum absolute atomic E-state index is 9.04. The van der Waals surface area contributed by atoms with E-state index in [1.165, 1.54) is 7.11 Å². The molecule has 0 atom stereocenters. The number of anilines is 1. The molecule has 5 heteroatoms. The Bertz CT molecular complexity index is 665. The summed E-state index contributed by atoms with van der Waals surface area (Å²) in [5, 5.41) is 9.04. The molecular formula is C15H13BrN2O2. The smallest absolute Gasteiger partial charge is 0.136 e. The molecule has 0 heterocycles. The van der Waals surface area contributed by atoms with Crippen LogP contribution in [0.3, 0.4) is 0 Å². The number of halogens is 1. The Hall–Kier alpha value is -2.19. The molecule has 2 aromatic carbocycles. The van der Waals surface area contributed by atoms with Crippen LogP contribution in [0.2, 0.25) is 0 Å². The predicted octanol–water partition coefficient (Wildman–Crippen LogP) is 3.49. The molecule has 102 valence electrons. The normalized spacial score (nSPS) is 9.85. The van der Waals surface area contributed by atoms with Crippen LogP contribution in [0.5, 0.6) is 11.5 Å². The number of nitriles is 1. The van der Waals surface area contributed by atoms with Gasteiger partial charge in [-0.3, -0.25) is 0 Å². The summed E-state index contributed by atoms with van der Waals surface area (Å²) in [6.45, 7) is 0.348. The van der Waals surface area contributed by atoms with Gasteiger partial charge in [0.15, 0.2) is 0 Å². The number of methoxy groups -OCH3 is 1. The Balaban J connectivity index is 2.15. The topological polar surface area (TPSA) is 68.3 Å². The van der Waals surface area contributed by atoms with Gasteiger partial charge >= 0.3 is 0 Å². The van der Waals surface area contributed by atoms with Gasteiger partial charge < -0.3 is 15.2 Å². The minimum atomic E-state index is 0.348. The van der Waals surface area contributed by atoms with E-state index in [0.29, 0.717) is 29.4 Å². The Labute approximate surface area is 125 Å². The minimum Gasteiger partial charge on any atom is -0.495 e. The molecule has 0 bridgehead atoms. The number of nitrogens with two attached hydrogens (primary N) is 1. The molecule has 0 radical (unpaired) electrons. The zero-order chi connectivity index (χ0) is 14.5. The van der Waals surface area contributed by atoms with Crippen LogP contribution in [0.25, 0.3) is 0 Å². The summed E-state index contributed by atoms with van der Waals surface area (Å²) >= 11 is 3.38. The van der Waals surface area contributed by atoms with Gasteiger partial charge in [0, 0.05) is 5.69 Å². The standard InChI is InChI=1S/C15H13BrN2O2/c1-19-13-6-5-10(7-11(13)8-17)9-20-14-4-2-3-12(18)15(14)16/h2-7H,9,18H2,1H3. The fourth-order valence-corrected chi connectivity index (χ4v) is 2.11. The van der Waals surface area contributed by atoms with Crippen LogP contribution in [-0.2, 0) is 6.61 Å². The first kappa shape index (κ1) is 14.2. The van der Waals surface area contributed by atoms with Crippen LogP contribution >= 0.6 is 15.9 Å². The van der Waals surface area contributed by atoms with Gasteiger partial charge in [-0.25, -0.2) is 0 Å². The highest BCUT2D eigenvalue weighted by Crippen LogP contribution is 2.31. The van der Waals surface area contributed by atoms with Crippen molar-refractivity contribution in [2.75, 3.05) is 12.8 Å². The molecule has 0 aliphatic rings. The first-order valence-corrected chi connectivity index (χ1v) is 6.69. The van der Waals surface area contributed by atoms with E-state index in [4.69, 9.17) is 20.5 Å². The number of ether oxygens (including phenoxy) is 2. The summed E-state index contributed by atoms with van der Waals surface area (Å²) in [6.07, 6.45) is 0. The first-order valence-electron chi connectivity index (χ1n) is 5.89. The van der Waals surface area contributed by atoms with Crippen molar-refractivity contribution < 1.29 is 9.47 Å². The number of hydrogen-bond acceptors (Lipinski definition) is 4. The van der Waals surface area contributed by atoms with Crippen molar-refractivity contribution in [1.29, 1.82) is 5.26 Å². The lowest BCUT2D eigenvalue weighted by atomic mass is 10.1. The van der Waals surface area contributed by atoms with Crippen molar-refractivity contribution >= 4 is 21.6 Å². The molecule has 0 saturated carbocycles. The van der Waals surface area contributed by atoms with Crippen molar-refractivity contribution in [2.24, 2.45) is 0 Å². The summed E-state index contributed by atoms with van der Waals surface area (Å²) in [6, 6.07) is 12.9. The number of nitrogens with zero attached hydrogens (tertiary/aromatic N) is 1. The Morgan fingerprint density at radius 2 is 2.05 bits per heavy atom. The lowest BCUT2D eigenvalue weighted by molar-refractivity contribution is 0.304. The third kappa shape index (κ3) is 3.03. The first-order chi connectivity index (χ1) is 9.65. The molecule has 4 nitrogen and oxygen atoms in total. The van der Waals surface area contributed by atoms with E-state index in [1.807, 2.05) is 18.2 Å². The molecule has 0 aliphatic carbocycles. The molecule has 0 fully saturated rings. The number of hydrogen-bond donors (Lipinski definition) is 1. The second-order valence-electron chi connectivity index (χ2n) is 4.09. The average Bonchev–Trinajstić information content (AvgIpc) is 2.48. The molecule has 0 spiro atoms. The summed E-state index contributed by atoms with van der Waals surface area (Å²) in [4.78, 5) is 0. The highest BCUT2D eigenvalue weighted by molar-refractivity contribution is 9.10. The zero-order valence-electron chi connectivity index (χ0n) is 10.9. The zero-order valence-corrected chi connectivity index (χ0v) is 12.5. The summed E-state index contributed by atoms with van der Waals surface area (Å²) in [7, 11) is 1.54. The highest BCUT2D eigenvalue weighted by atomic mass is 79.9. The molecule has 2 rings (SSSR count). The molecule has 0 unspecified atom stereocenters. The van der Waals surface area contributed by atoms with Crippen molar-refractivity contribution in [3.05, 3.63) is 52.0 Å². The number of benzene rings is 2. The average molecular weight is 333 g/mol. The van der Waals surface area contributed by atoms with Gasteiger partial charge in [-0.05, 0) is 45.8 Å². The van der Waals surface area contributed by atoms with Crippen LogP contribution in [-0.4, -0.2) is 7.11 Å². The SMILES string of the molecule is COc1ccc(COc2cccc(N)c2Br)cc1C#N. The molecule has 0 aromatic heterocycles.